The smallest absolute Gasteiger partial charge is 0.223 e. The number of nitrogens with zero attached hydrogens (tertiary/aromatic N) is 4. The number of hydrogen-bond acceptors (Lipinski definition) is 3. The van der Waals surface area contributed by atoms with Gasteiger partial charge in [-0.2, -0.15) is 0 Å². The van der Waals surface area contributed by atoms with E-state index >= 15 is 0 Å². The van der Waals surface area contributed by atoms with Gasteiger partial charge in [0.15, 0.2) is 5.82 Å². The molecule has 2 rings (SSSR count). The molecule has 2 aromatic heterocycles. The molecule has 16 heavy (non-hydrogen) atoms. The molecule has 0 bridgehead atoms. The van der Waals surface area contributed by atoms with Gasteiger partial charge in [0.1, 0.15) is 5.69 Å². The van der Waals surface area contributed by atoms with Crippen molar-refractivity contribution in [3.8, 4) is 11.5 Å². The fourth-order valence-corrected chi connectivity index (χ4v) is 1.73. The molecular weight excluding hydrogens is 224 g/mol. The van der Waals surface area contributed by atoms with Crippen LogP contribution in [0.15, 0.2) is 18.6 Å². The van der Waals surface area contributed by atoms with Crippen molar-refractivity contribution < 1.29 is 0 Å². The molecule has 0 fully saturated rings. The molecule has 0 spiro atoms. The summed E-state index contributed by atoms with van der Waals surface area (Å²) in [5, 5.41) is 0.256. The van der Waals surface area contributed by atoms with Crippen molar-refractivity contribution in [3.63, 3.8) is 0 Å². The van der Waals surface area contributed by atoms with Crippen LogP contribution in [-0.4, -0.2) is 19.5 Å². The van der Waals surface area contributed by atoms with Gasteiger partial charge in [-0.25, -0.2) is 15.0 Å². The van der Waals surface area contributed by atoms with E-state index in [0.717, 1.165) is 30.0 Å². The molecule has 0 aliphatic heterocycles. The lowest BCUT2D eigenvalue weighted by atomic mass is 10.2. The largest absolute Gasteiger partial charge is 0.330 e. The lowest BCUT2D eigenvalue weighted by Crippen LogP contribution is -2.02. The van der Waals surface area contributed by atoms with Crippen LogP contribution in [0.4, 0.5) is 0 Å². The third-order valence-electron chi connectivity index (χ3n) is 2.33. The van der Waals surface area contributed by atoms with Gasteiger partial charge in [0.05, 0.1) is 0 Å². The Hall–Kier alpha value is -1.42. The van der Waals surface area contributed by atoms with Crippen LogP contribution in [0.5, 0.6) is 0 Å². The summed E-state index contributed by atoms with van der Waals surface area (Å²) in [6.07, 6.45) is 6.51. The van der Waals surface area contributed by atoms with Gasteiger partial charge in [0.2, 0.25) is 5.28 Å². The summed E-state index contributed by atoms with van der Waals surface area (Å²) in [7, 11) is 0. The van der Waals surface area contributed by atoms with Crippen LogP contribution < -0.4 is 0 Å². The van der Waals surface area contributed by atoms with Crippen molar-refractivity contribution >= 4 is 11.6 Å². The summed E-state index contributed by atoms with van der Waals surface area (Å²) in [5.74, 6) is 0.851. The first-order chi connectivity index (χ1) is 7.72. The van der Waals surface area contributed by atoms with E-state index in [0.29, 0.717) is 0 Å². The molecule has 0 radical (unpaired) electrons. The highest BCUT2D eigenvalue weighted by Gasteiger charge is 2.11. The number of halogens is 1. The minimum absolute atomic E-state index is 0.256. The Morgan fingerprint density at radius 2 is 2.19 bits per heavy atom. The quantitative estimate of drug-likeness (QED) is 0.770. The van der Waals surface area contributed by atoms with Gasteiger partial charge in [-0.05, 0) is 30.5 Å². The molecule has 0 saturated carbocycles. The van der Waals surface area contributed by atoms with Gasteiger partial charge < -0.3 is 4.57 Å². The second-order valence-electron chi connectivity index (χ2n) is 3.61. The van der Waals surface area contributed by atoms with Crippen molar-refractivity contribution in [1.29, 1.82) is 0 Å². The average Bonchev–Trinajstić information content (AvgIpc) is 2.70. The van der Waals surface area contributed by atoms with E-state index in [-0.39, 0.29) is 5.28 Å². The molecular formula is C11H13ClN4. The van der Waals surface area contributed by atoms with E-state index in [4.69, 9.17) is 11.6 Å². The fraction of sp³-hybridized carbons (Fsp3) is 0.364. The highest BCUT2D eigenvalue weighted by atomic mass is 35.5. The Labute approximate surface area is 99.3 Å². The van der Waals surface area contributed by atoms with Crippen LogP contribution in [-0.2, 0) is 6.54 Å². The van der Waals surface area contributed by atoms with E-state index < -0.39 is 0 Å². The molecule has 0 amide bonds. The Balaban J connectivity index is 2.49. The Kier molecular flexibility index (Phi) is 3.19. The van der Waals surface area contributed by atoms with Gasteiger partial charge >= 0.3 is 0 Å². The number of rotatable bonds is 3. The normalized spacial score (nSPS) is 10.7. The van der Waals surface area contributed by atoms with Crippen LogP contribution in [0.3, 0.4) is 0 Å². The Morgan fingerprint density at radius 1 is 1.38 bits per heavy atom. The number of aryl methyl sites for hydroxylation is 2. The highest BCUT2D eigenvalue weighted by Crippen LogP contribution is 2.20. The number of aromatic nitrogens is 4. The minimum atomic E-state index is 0.256. The number of imidazole rings is 1. The van der Waals surface area contributed by atoms with E-state index in [1.165, 1.54) is 0 Å². The SMILES string of the molecule is CCCn1ccnc1-c1nc(Cl)ncc1C. The lowest BCUT2D eigenvalue weighted by Gasteiger charge is -2.07. The third-order valence-corrected chi connectivity index (χ3v) is 2.52. The molecule has 0 aromatic carbocycles. The minimum Gasteiger partial charge on any atom is -0.330 e. The summed E-state index contributed by atoms with van der Waals surface area (Å²) >= 11 is 5.80. The van der Waals surface area contributed by atoms with Gasteiger partial charge in [-0.15, -0.1) is 0 Å². The van der Waals surface area contributed by atoms with Crippen LogP contribution in [0.2, 0.25) is 5.28 Å². The highest BCUT2D eigenvalue weighted by molar-refractivity contribution is 6.28. The van der Waals surface area contributed by atoms with E-state index in [1.807, 2.05) is 13.1 Å². The maximum absolute atomic E-state index is 5.80. The Morgan fingerprint density at radius 3 is 2.94 bits per heavy atom. The Bertz CT molecular complexity index is 492. The maximum Gasteiger partial charge on any atom is 0.223 e. The molecule has 2 aromatic rings. The molecule has 4 nitrogen and oxygen atoms in total. The standard InChI is InChI=1S/C11H13ClN4/c1-3-5-16-6-4-13-10(16)9-8(2)7-14-11(12)15-9/h4,6-7H,3,5H2,1-2H3. The van der Waals surface area contributed by atoms with Crippen LogP contribution in [0.25, 0.3) is 11.5 Å². The summed E-state index contributed by atoms with van der Waals surface area (Å²) in [6.45, 7) is 5.01. The molecule has 0 atom stereocenters. The summed E-state index contributed by atoms with van der Waals surface area (Å²) in [6, 6.07) is 0. The van der Waals surface area contributed by atoms with Crippen LogP contribution >= 0.6 is 11.6 Å². The first-order valence-corrected chi connectivity index (χ1v) is 5.60. The molecule has 84 valence electrons. The van der Waals surface area contributed by atoms with Crippen molar-refractivity contribution in [2.75, 3.05) is 0 Å². The molecule has 0 aliphatic carbocycles. The van der Waals surface area contributed by atoms with Gasteiger partial charge in [0.25, 0.3) is 0 Å². The summed E-state index contributed by atoms with van der Waals surface area (Å²) < 4.78 is 2.08. The summed E-state index contributed by atoms with van der Waals surface area (Å²) in [5.41, 5.74) is 1.78. The monoisotopic (exact) mass is 236 g/mol. The average molecular weight is 237 g/mol. The zero-order chi connectivity index (χ0) is 11.5. The lowest BCUT2D eigenvalue weighted by molar-refractivity contribution is 0.683. The molecule has 0 saturated heterocycles. The molecule has 5 heteroatoms. The van der Waals surface area contributed by atoms with Crippen LogP contribution in [0.1, 0.15) is 18.9 Å². The van der Waals surface area contributed by atoms with Gasteiger partial charge in [-0.3, -0.25) is 0 Å². The second-order valence-corrected chi connectivity index (χ2v) is 3.95. The zero-order valence-corrected chi connectivity index (χ0v) is 10.1. The molecule has 0 N–H and O–H groups in total. The van der Waals surface area contributed by atoms with Crippen LogP contribution in [0, 0.1) is 6.92 Å². The van der Waals surface area contributed by atoms with E-state index in [2.05, 4.69) is 26.4 Å². The molecule has 2 heterocycles. The van der Waals surface area contributed by atoms with E-state index in [1.54, 1.807) is 12.4 Å². The van der Waals surface area contributed by atoms with Crippen molar-refractivity contribution in [2.24, 2.45) is 0 Å². The van der Waals surface area contributed by atoms with Crippen molar-refractivity contribution in [2.45, 2.75) is 26.8 Å². The molecule has 0 unspecified atom stereocenters. The first-order valence-electron chi connectivity index (χ1n) is 5.23. The maximum atomic E-state index is 5.80. The number of hydrogen-bond donors (Lipinski definition) is 0. The second kappa shape index (κ2) is 4.61. The fourth-order valence-electron chi connectivity index (χ4n) is 1.59. The van der Waals surface area contributed by atoms with Gasteiger partial charge in [0, 0.05) is 25.1 Å². The van der Waals surface area contributed by atoms with Gasteiger partial charge in [-0.1, -0.05) is 6.92 Å². The predicted octanol–water partition coefficient (Wildman–Crippen LogP) is 2.71. The topological polar surface area (TPSA) is 43.6 Å². The predicted molar refractivity (Wildman–Crippen MR) is 63.3 cm³/mol. The van der Waals surface area contributed by atoms with Crippen molar-refractivity contribution in [3.05, 3.63) is 29.4 Å². The third kappa shape index (κ3) is 2.07. The summed E-state index contributed by atoms with van der Waals surface area (Å²) in [4.78, 5) is 12.5. The zero-order valence-electron chi connectivity index (χ0n) is 9.31. The first kappa shape index (κ1) is 11.1. The molecule has 0 aliphatic rings. The van der Waals surface area contributed by atoms with Crippen molar-refractivity contribution in [1.82, 2.24) is 19.5 Å². The van der Waals surface area contributed by atoms with E-state index in [9.17, 15) is 0 Å².